The van der Waals surface area contributed by atoms with Crippen molar-refractivity contribution >= 4 is 5.96 Å². The zero-order valence-corrected chi connectivity index (χ0v) is 17.0. The van der Waals surface area contributed by atoms with Gasteiger partial charge in [-0.15, -0.1) is 0 Å². The van der Waals surface area contributed by atoms with Crippen LogP contribution < -0.4 is 5.32 Å². The summed E-state index contributed by atoms with van der Waals surface area (Å²) in [5, 5.41) is 8.07. The summed E-state index contributed by atoms with van der Waals surface area (Å²) in [6.45, 7) is 14.1. The number of nitrogens with zero attached hydrogens (tertiary/aromatic N) is 4. The Balaban J connectivity index is 2.04. The van der Waals surface area contributed by atoms with Gasteiger partial charge >= 0.3 is 0 Å². The first kappa shape index (κ1) is 20.7. The smallest absolute Gasteiger partial charge is 0.194 e. The monoisotopic (exact) mass is 365 g/mol. The standard InChI is InChI=1S/C19H35N5O2/c1-6-20-19(23-10-8-17(9-11-23)26-7-2)21-14-18-15(3)22-24(16(18)4)12-13-25-5/h17H,6-14H2,1-5H3,(H,20,21). The Labute approximate surface area is 157 Å². The predicted octanol–water partition coefficient (Wildman–Crippen LogP) is 2.11. The molecule has 7 heteroatoms. The maximum Gasteiger partial charge on any atom is 0.194 e. The molecule has 26 heavy (non-hydrogen) atoms. The number of ether oxygens (including phenoxy) is 2. The van der Waals surface area contributed by atoms with E-state index in [0.717, 1.165) is 57.3 Å². The summed E-state index contributed by atoms with van der Waals surface area (Å²) in [6.07, 6.45) is 2.51. The van der Waals surface area contributed by atoms with Gasteiger partial charge in [-0.1, -0.05) is 0 Å². The van der Waals surface area contributed by atoms with E-state index in [4.69, 9.17) is 14.5 Å². The number of hydrogen-bond acceptors (Lipinski definition) is 4. The van der Waals surface area contributed by atoms with Crippen molar-refractivity contribution in [2.45, 2.75) is 59.7 Å². The zero-order chi connectivity index (χ0) is 18.9. The minimum absolute atomic E-state index is 0.391. The molecule has 1 saturated heterocycles. The van der Waals surface area contributed by atoms with Crippen molar-refractivity contribution in [3.63, 3.8) is 0 Å². The number of aryl methyl sites for hydroxylation is 1. The molecule has 1 aliphatic heterocycles. The molecular formula is C19H35N5O2. The molecule has 0 atom stereocenters. The Kier molecular flexibility index (Phi) is 8.38. The quantitative estimate of drug-likeness (QED) is 0.565. The zero-order valence-electron chi connectivity index (χ0n) is 17.0. The molecule has 1 fully saturated rings. The number of aromatic nitrogens is 2. The topological polar surface area (TPSA) is 63.9 Å². The molecule has 1 aromatic rings. The molecule has 0 bridgehead atoms. The average Bonchev–Trinajstić information content (AvgIpc) is 2.91. The van der Waals surface area contributed by atoms with Crippen LogP contribution in [0.5, 0.6) is 0 Å². The molecular weight excluding hydrogens is 330 g/mol. The number of guanidine groups is 1. The van der Waals surface area contributed by atoms with Gasteiger partial charge in [0, 0.05) is 44.6 Å². The molecule has 148 valence electrons. The Morgan fingerprint density at radius 3 is 2.62 bits per heavy atom. The number of rotatable bonds is 8. The van der Waals surface area contributed by atoms with Gasteiger partial charge < -0.3 is 19.7 Å². The Morgan fingerprint density at radius 2 is 2.00 bits per heavy atom. The van der Waals surface area contributed by atoms with Crippen molar-refractivity contribution in [2.75, 3.05) is 40.0 Å². The van der Waals surface area contributed by atoms with Crippen LogP contribution in [0, 0.1) is 13.8 Å². The largest absolute Gasteiger partial charge is 0.383 e. The highest BCUT2D eigenvalue weighted by atomic mass is 16.5. The lowest BCUT2D eigenvalue weighted by molar-refractivity contribution is 0.0263. The van der Waals surface area contributed by atoms with E-state index in [2.05, 4.69) is 43.0 Å². The molecule has 0 unspecified atom stereocenters. The average molecular weight is 366 g/mol. The highest BCUT2D eigenvalue weighted by Crippen LogP contribution is 2.16. The molecule has 1 aromatic heterocycles. The highest BCUT2D eigenvalue weighted by Gasteiger charge is 2.21. The van der Waals surface area contributed by atoms with E-state index in [1.54, 1.807) is 7.11 Å². The van der Waals surface area contributed by atoms with Gasteiger partial charge in [-0.25, -0.2) is 4.99 Å². The molecule has 0 aliphatic carbocycles. The molecule has 0 spiro atoms. The van der Waals surface area contributed by atoms with Gasteiger partial charge in [-0.2, -0.15) is 5.10 Å². The van der Waals surface area contributed by atoms with Crippen molar-refractivity contribution in [3.8, 4) is 0 Å². The summed E-state index contributed by atoms with van der Waals surface area (Å²) in [7, 11) is 1.72. The number of methoxy groups -OCH3 is 1. The fourth-order valence-electron chi connectivity index (χ4n) is 3.41. The summed E-state index contributed by atoms with van der Waals surface area (Å²) >= 11 is 0. The van der Waals surface area contributed by atoms with Crippen molar-refractivity contribution in [1.29, 1.82) is 0 Å². The second kappa shape index (κ2) is 10.5. The minimum atomic E-state index is 0.391. The maximum atomic E-state index is 5.76. The third-order valence-corrected chi connectivity index (χ3v) is 4.90. The summed E-state index contributed by atoms with van der Waals surface area (Å²) in [6, 6.07) is 0. The van der Waals surface area contributed by atoms with Crippen LogP contribution in [0.4, 0.5) is 0 Å². The van der Waals surface area contributed by atoms with E-state index in [1.807, 2.05) is 4.68 Å². The maximum absolute atomic E-state index is 5.76. The Bertz CT molecular complexity index is 577. The molecule has 0 radical (unpaired) electrons. The van der Waals surface area contributed by atoms with Crippen LogP contribution in [-0.2, 0) is 22.6 Å². The van der Waals surface area contributed by atoms with E-state index in [9.17, 15) is 0 Å². The van der Waals surface area contributed by atoms with Crippen molar-refractivity contribution < 1.29 is 9.47 Å². The summed E-state index contributed by atoms with van der Waals surface area (Å²) in [5.74, 6) is 0.992. The fourth-order valence-corrected chi connectivity index (χ4v) is 3.41. The minimum Gasteiger partial charge on any atom is -0.383 e. The molecule has 0 aromatic carbocycles. The van der Waals surface area contributed by atoms with Crippen LogP contribution in [-0.4, -0.2) is 66.7 Å². The van der Waals surface area contributed by atoms with E-state index in [0.29, 0.717) is 19.3 Å². The van der Waals surface area contributed by atoms with Gasteiger partial charge in [0.15, 0.2) is 5.96 Å². The number of aliphatic imine (C=N–C) groups is 1. The van der Waals surface area contributed by atoms with E-state index in [-0.39, 0.29) is 0 Å². The number of nitrogens with one attached hydrogen (secondary N) is 1. The Hall–Kier alpha value is -1.60. The number of hydrogen-bond donors (Lipinski definition) is 1. The van der Waals surface area contributed by atoms with Crippen molar-refractivity contribution in [1.82, 2.24) is 20.0 Å². The number of likely N-dealkylation sites (tertiary alicyclic amines) is 1. The van der Waals surface area contributed by atoms with Crippen molar-refractivity contribution in [3.05, 3.63) is 17.0 Å². The van der Waals surface area contributed by atoms with Crippen LogP contribution in [0.3, 0.4) is 0 Å². The molecule has 0 saturated carbocycles. The van der Waals surface area contributed by atoms with Gasteiger partial charge in [0.25, 0.3) is 0 Å². The molecule has 1 N–H and O–H groups in total. The molecule has 2 heterocycles. The second-order valence-electron chi connectivity index (χ2n) is 6.68. The number of piperidine rings is 1. The summed E-state index contributed by atoms with van der Waals surface area (Å²) in [5.41, 5.74) is 3.43. The fraction of sp³-hybridized carbons (Fsp3) is 0.789. The first-order chi connectivity index (χ1) is 12.6. The van der Waals surface area contributed by atoms with Gasteiger partial charge in [-0.05, 0) is 40.5 Å². The SMILES string of the molecule is CCNC(=NCc1c(C)nn(CCOC)c1C)N1CCC(OCC)CC1. The highest BCUT2D eigenvalue weighted by molar-refractivity contribution is 5.80. The third-order valence-electron chi connectivity index (χ3n) is 4.90. The van der Waals surface area contributed by atoms with Crippen LogP contribution >= 0.6 is 0 Å². The summed E-state index contributed by atoms with van der Waals surface area (Å²) in [4.78, 5) is 7.25. The first-order valence-electron chi connectivity index (χ1n) is 9.77. The lowest BCUT2D eigenvalue weighted by atomic mass is 10.1. The molecule has 1 aliphatic rings. The molecule has 0 amide bonds. The molecule has 2 rings (SSSR count). The van der Waals surface area contributed by atoms with Crippen LogP contribution in [0.15, 0.2) is 4.99 Å². The lowest BCUT2D eigenvalue weighted by Crippen LogP contribution is -2.47. The van der Waals surface area contributed by atoms with E-state index >= 15 is 0 Å². The van der Waals surface area contributed by atoms with Gasteiger partial charge in [0.1, 0.15) is 0 Å². The van der Waals surface area contributed by atoms with E-state index < -0.39 is 0 Å². The van der Waals surface area contributed by atoms with E-state index in [1.165, 1.54) is 11.3 Å². The predicted molar refractivity (Wildman–Crippen MR) is 105 cm³/mol. The van der Waals surface area contributed by atoms with Gasteiger partial charge in [-0.3, -0.25) is 4.68 Å². The van der Waals surface area contributed by atoms with Crippen molar-refractivity contribution in [2.24, 2.45) is 4.99 Å². The third kappa shape index (κ3) is 5.45. The lowest BCUT2D eigenvalue weighted by Gasteiger charge is -2.34. The van der Waals surface area contributed by atoms with Gasteiger partial charge in [0.05, 0.1) is 31.5 Å². The van der Waals surface area contributed by atoms with Crippen LogP contribution in [0.2, 0.25) is 0 Å². The first-order valence-corrected chi connectivity index (χ1v) is 9.77. The second-order valence-corrected chi connectivity index (χ2v) is 6.68. The Morgan fingerprint density at radius 1 is 1.27 bits per heavy atom. The summed E-state index contributed by atoms with van der Waals surface area (Å²) < 4.78 is 12.9. The molecule has 7 nitrogen and oxygen atoms in total. The normalized spacial score (nSPS) is 16.3. The van der Waals surface area contributed by atoms with Crippen LogP contribution in [0.1, 0.15) is 43.6 Å². The van der Waals surface area contributed by atoms with Crippen LogP contribution in [0.25, 0.3) is 0 Å². The van der Waals surface area contributed by atoms with Gasteiger partial charge in [0.2, 0.25) is 0 Å².